The lowest BCUT2D eigenvalue weighted by Gasteiger charge is -2.20. The Bertz CT molecular complexity index is 496. The van der Waals surface area contributed by atoms with E-state index in [1.165, 1.54) is 4.90 Å². The molecular formula is C16H19NO3. The molecule has 0 spiro atoms. The molecule has 1 aliphatic heterocycles. The van der Waals surface area contributed by atoms with Crippen molar-refractivity contribution in [2.24, 2.45) is 0 Å². The fraction of sp³-hybridized carbons (Fsp3) is 0.375. The van der Waals surface area contributed by atoms with Crippen molar-refractivity contribution in [1.29, 1.82) is 0 Å². The van der Waals surface area contributed by atoms with E-state index < -0.39 is 12.0 Å². The van der Waals surface area contributed by atoms with Gasteiger partial charge in [0.15, 0.2) is 0 Å². The summed E-state index contributed by atoms with van der Waals surface area (Å²) in [4.78, 5) is 24.5. The first-order valence-corrected chi connectivity index (χ1v) is 6.92. The highest BCUT2D eigenvalue weighted by atomic mass is 16.4. The molecule has 0 radical (unpaired) electrons. The maximum Gasteiger partial charge on any atom is 0.326 e. The van der Waals surface area contributed by atoms with Gasteiger partial charge in [-0.3, -0.25) is 4.79 Å². The van der Waals surface area contributed by atoms with Gasteiger partial charge < -0.3 is 10.0 Å². The van der Waals surface area contributed by atoms with Crippen LogP contribution < -0.4 is 0 Å². The molecule has 0 bridgehead atoms. The van der Waals surface area contributed by atoms with Crippen LogP contribution in [0.5, 0.6) is 0 Å². The number of likely N-dealkylation sites (tertiary alicyclic amines) is 1. The number of allylic oxidation sites excluding steroid dienone is 1. The fourth-order valence-corrected chi connectivity index (χ4v) is 2.46. The molecule has 20 heavy (non-hydrogen) atoms. The van der Waals surface area contributed by atoms with Crippen molar-refractivity contribution in [1.82, 2.24) is 4.90 Å². The van der Waals surface area contributed by atoms with Gasteiger partial charge in [-0.2, -0.15) is 0 Å². The molecule has 1 unspecified atom stereocenters. The number of nitrogens with zero attached hydrogens (tertiary/aromatic N) is 1. The summed E-state index contributed by atoms with van der Waals surface area (Å²) < 4.78 is 0. The Morgan fingerprint density at radius 1 is 1.30 bits per heavy atom. The molecule has 0 aromatic heterocycles. The zero-order valence-electron chi connectivity index (χ0n) is 11.4. The minimum Gasteiger partial charge on any atom is -0.480 e. The van der Waals surface area contributed by atoms with Gasteiger partial charge in [-0.05, 0) is 24.8 Å². The Morgan fingerprint density at radius 3 is 2.75 bits per heavy atom. The van der Waals surface area contributed by atoms with Crippen molar-refractivity contribution in [2.45, 2.75) is 31.7 Å². The summed E-state index contributed by atoms with van der Waals surface area (Å²) in [6.45, 7) is 0.568. The summed E-state index contributed by atoms with van der Waals surface area (Å²) in [5, 5.41) is 9.04. The predicted octanol–water partition coefficient (Wildman–Crippen LogP) is 2.56. The number of hydrogen-bond acceptors (Lipinski definition) is 2. The molecule has 1 heterocycles. The molecule has 1 aromatic rings. The van der Waals surface area contributed by atoms with Gasteiger partial charge in [-0.15, -0.1) is 0 Å². The summed E-state index contributed by atoms with van der Waals surface area (Å²) in [7, 11) is 0. The summed E-state index contributed by atoms with van der Waals surface area (Å²) in [5.74, 6) is -0.955. The predicted molar refractivity (Wildman–Crippen MR) is 77.1 cm³/mol. The van der Waals surface area contributed by atoms with Gasteiger partial charge in [0.1, 0.15) is 6.04 Å². The van der Waals surface area contributed by atoms with Crippen molar-refractivity contribution < 1.29 is 14.7 Å². The third kappa shape index (κ3) is 3.70. The Labute approximate surface area is 118 Å². The van der Waals surface area contributed by atoms with Crippen LogP contribution in [0.1, 0.15) is 31.2 Å². The van der Waals surface area contributed by atoms with Crippen molar-refractivity contribution in [2.75, 3.05) is 6.54 Å². The number of carbonyl (C=O) groups excluding carboxylic acids is 1. The van der Waals surface area contributed by atoms with Gasteiger partial charge in [0.25, 0.3) is 0 Å². The maximum absolute atomic E-state index is 12.0. The van der Waals surface area contributed by atoms with Gasteiger partial charge in [0.2, 0.25) is 5.91 Å². The van der Waals surface area contributed by atoms with Crippen LogP contribution in [-0.4, -0.2) is 34.5 Å². The van der Waals surface area contributed by atoms with E-state index in [-0.39, 0.29) is 5.91 Å². The molecule has 1 fully saturated rings. The lowest BCUT2D eigenvalue weighted by molar-refractivity contribution is -0.148. The Hall–Kier alpha value is -2.10. The summed E-state index contributed by atoms with van der Waals surface area (Å²) in [6.07, 6.45) is 6.29. The van der Waals surface area contributed by atoms with E-state index in [9.17, 15) is 9.59 Å². The molecule has 2 rings (SSSR count). The number of carboxylic acids is 1. The topological polar surface area (TPSA) is 57.6 Å². The first-order valence-electron chi connectivity index (χ1n) is 6.92. The van der Waals surface area contributed by atoms with Crippen LogP contribution >= 0.6 is 0 Å². The summed E-state index contributed by atoms with van der Waals surface area (Å²) in [5.41, 5.74) is 1.10. The highest BCUT2D eigenvalue weighted by Crippen LogP contribution is 2.19. The second kappa shape index (κ2) is 6.89. The standard InChI is InChI=1S/C16H19NO3/c18-15(17-12-6-10-14(17)16(19)20)11-5-4-9-13-7-2-1-3-8-13/h1-4,7-9,14H,5-6,10-12H2,(H,19,20)/b9-4+. The summed E-state index contributed by atoms with van der Waals surface area (Å²) in [6, 6.07) is 9.26. The molecule has 0 saturated carbocycles. The molecule has 1 aliphatic rings. The second-order valence-corrected chi connectivity index (χ2v) is 4.94. The van der Waals surface area contributed by atoms with E-state index in [0.717, 1.165) is 12.0 Å². The van der Waals surface area contributed by atoms with Gasteiger partial charge in [0.05, 0.1) is 0 Å². The van der Waals surface area contributed by atoms with Crippen LogP contribution in [0.4, 0.5) is 0 Å². The quantitative estimate of drug-likeness (QED) is 0.897. The molecule has 4 heteroatoms. The van der Waals surface area contributed by atoms with Crippen LogP contribution in [0, 0.1) is 0 Å². The van der Waals surface area contributed by atoms with E-state index >= 15 is 0 Å². The largest absolute Gasteiger partial charge is 0.480 e. The smallest absolute Gasteiger partial charge is 0.326 e. The molecule has 0 aliphatic carbocycles. The normalized spacial score (nSPS) is 18.6. The number of rotatable bonds is 5. The lowest BCUT2D eigenvalue weighted by Crippen LogP contribution is -2.40. The van der Waals surface area contributed by atoms with Crippen LogP contribution in [0.3, 0.4) is 0 Å². The minimum atomic E-state index is -0.893. The molecular weight excluding hydrogens is 254 g/mol. The van der Waals surface area contributed by atoms with Crippen molar-refractivity contribution >= 4 is 18.0 Å². The van der Waals surface area contributed by atoms with Crippen LogP contribution in [0.15, 0.2) is 36.4 Å². The van der Waals surface area contributed by atoms with E-state index in [1.807, 2.05) is 42.5 Å². The number of carboxylic acid groups (broad SMARTS) is 1. The Kier molecular flexibility index (Phi) is 4.93. The molecule has 1 aromatic carbocycles. The zero-order chi connectivity index (χ0) is 14.4. The molecule has 1 saturated heterocycles. The molecule has 1 atom stereocenters. The first kappa shape index (κ1) is 14.3. The average Bonchev–Trinajstić information content (AvgIpc) is 2.94. The Balaban J connectivity index is 1.81. The van der Waals surface area contributed by atoms with Crippen LogP contribution in [0.25, 0.3) is 6.08 Å². The second-order valence-electron chi connectivity index (χ2n) is 4.94. The van der Waals surface area contributed by atoms with E-state index in [0.29, 0.717) is 25.8 Å². The number of carbonyl (C=O) groups is 2. The summed E-state index contributed by atoms with van der Waals surface area (Å²) >= 11 is 0. The first-order chi connectivity index (χ1) is 9.68. The lowest BCUT2D eigenvalue weighted by atomic mass is 10.1. The van der Waals surface area contributed by atoms with Gasteiger partial charge >= 0.3 is 5.97 Å². The van der Waals surface area contributed by atoms with Crippen LogP contribution in [-0.2, 0) is 9.59 Å². The highest BCUT2D eigenvalue weighted by molar-refractivity contribution is 5.84. The highest BCUT2D eigenvalue weighted by Gasteiger charge is 2.33. The van der Waals surface area contributed by atoms with Crippen molar-refractivity contribution in [3.63, 3.8) is 0 Å². The number of amides is 1. The zero-order valence-corrected chi connectivity index (χ0v) is 11.4. The third-order valence-electron chi connectivity index (χ3n) is 3.49. The van der Waals surface area contributed by atoms with E-state index in [1.54, 1.807) is 0 Å². The van der Waals surface area contributed by atoms with Gasteiger partial charge in [0, 0.05) is 13.0 Å². The average molecular weight is 273 g/mol. The Morgan fingerprint density at radius 2 is 2.05 bits per heavy atom. The van der Waals surface area contributed by atoms with Gasteiger partial charge in [-0.25, -0.2) is 4.79 Å². The maximum atomic E-state index is 12.0. The monoisotopic (exact) mass is 273 g/mol. The molecule has 106 valence electrons. The van der Waals surface area contributed by atoms with E-state index in [4.69, 9.17) is 5.11 Å². The number of hydrogen-bond donors (Lipinski definition) is 1. The number of benzene rings is 1. The van der Waals surface area contributed by atoms with Crippen LogP contribution in [0.2, 0.25) is 0 Å². The minimum absolute atomic E-state index is 0.0624. The van der Waals surface area contributed by atoms with Crippen molar-refractivity contribution in [3.05, 3.63) is 42.0 Å². The fourth-order valence-electron chi connectivity index (χ4n) is 2.46. The molecule has 1 N–H and O–H groups in total. The SMILES string of the molecule is O=C(O)C1CCCN1C(=O)CC/C=C/c1ccccc1. The number of aliphatic carboxylic acids is 1. The molecule has 4 nitrogen and oxygen atoms in total. The third-order valence-corrected chi connectivity index (χ3v) is 3.49. The molecule has 1 amide bonds. The van der Waals surface area contributed by atoms with Gasteiger partial charge in [-0.1, -0.05) is 42.5 Å². The van der Waals surface area contributed by atoms with Crippen molar-refractivity contribution in [3.8, 4) is 0 Å². The van der Waals surface area contributed by atoms with E-state index in [2.05, 4.69) is 0 Å².